The molecular formula is C17H21NO2S2. The lowest BCUT2D eigenvalue weighted by atomic mass is 10.0. The fraction of sp³-hybridized carbons (Fsp3) is 0.471. The van der Waals surface area contributed by atoms with Gasteiger partial charge in [-0.2, -0.15) is 0 Å². The third-order valence-corrected chi connectivity index (χ3v) is 6.40. The lowest BCUT2D eigenvalue weighted by Gasteiger charge is -2.28. The summed E-state index contributed by atoms with van der Waals surface area (Å²) in [6.07, 6.45) is 2.20. The largest absolute Gasteiger partial charge is 0.387 e. The molecule has 3 heterocycles. The molecule has 3 atom stereocenters. The molecule has 0 saturated carbocycles. The van der Waals surface area contributed by atoms with E-state index in [0.717, 1.165) is 29.1 Å². The first-order valence-electron chi connectivity index (χ1n) is 7.72. The Morgan fingerprint density at radius 1 is 1.32 bits per heavy atom. The standard InChI is InChI=1S/C17H21NO2S2/c1-12(15-6-3-9-21-15)17(20)18-8-2-5-13(18)11-14(19)16-7-4-10-22-16/h3-4,6-7,9-10,12-14,19H,2,5,8,11H2,1H3/t12-,13-,14-/m0/s1. The van der Waals surface area contributed by atoms with Crippen LogP contribution in [0.15, 0.2) is 35.0 Å². The maximum Gasteiger partial charge on any atom is 0.230 e. The van der Waals surface area contributed by atoms with Crippen LogP contribution in [0.4, 0.5) is 0 Å². The number of aliphatic hydroxyl groups is 1. The van der Waals surface area contributed by atoms with Gasteiger partial charge in [-0.15, -0.1) is 22.7 Å². The lowest BCUT2D eigenvalue weighted by molar-refractivity contribution is -0.133. The number of hydrogen-bond donors (Lipinski definition) is 1. The molecule has 2 aromatic rings. The molecule has 3 nitrogen and oxygen atoms in total. The van der Waals surface area contributed by atoms with E-state index in [9.17, 15) is 9.90 Å². The van der Waals surface area contributed by atoms with E-state index >= 15 is 0 Å². The second-order valence-electron chi connectivity index (χ2n) is 5.83. The van der Waals surface area contributed by atoms with E-state index in [1.165, 1.54) is 0 Å². The van der Waals surface area contributed by atoms with Crippen molar-refractivity contribution in [2.24, 2.45) is 0 Å². The minimum absolute atomic E-state index is 0.0838. The minimum Gasteiger partial charge on any atom is -0.387 e. The van der Waals surface area contributed by atoms with Crippen molar-refractivity contribution in [3.8, 4) is 0 Å². The smallest absolute Gasteiger partial charge is 0.230 e. The molecular weight excluding hydrogens is 314 g/mol. The number of amides is 1. The summed E-state index contributed by atoms with van der Waals surface area (Å²) in [6, 6.07) is 8.10. The zero-order valence-corrected chi connectivity index (χ0v) is 14.3. The molecule has 0 aromatic carbocycles. The Morgan fingerprint density at radius 2 is 2.00 bits per heavy atom. The molecule has 0 unspecified atom stereocenters. The first kappa shape index (κ1) is 15.7. The van der Waals surface area contributed by atoms with E-state index in [1.807, 2.05) is 46.8 Å². The molecule has 0 spiro atoms. The van der Waals surface area contributed by atoms with Gasteiger partial charge in [0.2, 0.25) is 5.91 Å². The van der Waals surface area contributed by atoms with Gasteiger partial charge in [0.25, 0.3) is 0 Å². The lowest BCUT2D eigenvalue weighted by Crippen LogP contribution is -2.38. The molecule has 1 N–H and O–H groups in total. The van der Waals surface area contributed by atoms with E-state index in [-0.39, 0.29) is 17.9 Å². The number of thiophene rings is 2. The summed E-state index contributed by atoms with van der Waals surface area (Å²) in [4.78, 5) is 16.9. The maximum absolute atomic E-state index is 12.8. The van der Waals surface area contributed by atoms with Crippen LogP contribution in [0.5, 0.6) is 0 Å². The fourth-order valence-electron chi connectivity index (χ4n) is 3.13. The number of carbonyl (C=O) groups excluding carboxylic acids is 1. The zero-order chi connectivity index (χ0) is 15.5. The fourth-order valence-corrected chi connectivity index (χ4v) is 4.63. The topological polar surface area (TPSA) is 40.5 Å². The van der Waals surface area contributed by atoms with E-state index in [2.05, 4.69) is 0 Å². The summed E-state index contributed by atoms with van der Waals surface area (Å²) in [7, 11) is 0. The average molecular weight is 335 g/mol. The van der Waals surface area contributed by atoms with E-state index in [1.54, 1.807) is 22.7 Å². The van der Waals surface area contributed by atoms with Crippen LogP contribution in [0.3, 0.4) is 0 Å². The Balaban J connectivity index is 1.66. The molecule has 3 rings (SSSR count). The molecule has 1 saturated heterocycles. The van der Waals surface area contributed by atoms with E-state index < -0.39 is 6.10 Å². The molecule has 1 amide bonds. The van der Waals surface area contributed by atoms with Crippen LogP contribution in [0.2, 0.25) is 0 Å². The molecule has 22 heavy (non-hydrogen) atoms. The van der Waals surface area contributed by atoms with Crippen molar-refractivity contribution in [3.63, 3.8) is 0 Å². The van der Waals surface area contributed by atoms with Crippen LogP contribution in [-0.2, 0) is 4.79 Å². The van der Waals surface area contributed by atoms with Gasteiger partial charge >= 0.3 is 0 Å². The van der Waals surface area contributed by atoms with Gasteiger partial charge in [0.1, 0.15) is 0 Å². The first-order valence-corrected chi connectivity index (χ1v) is 9.48. The van der Waals surface area contributed by atoms with Crippen molar-refractivity contribution in [1.29, 1.82) is 0 Å². The third-order valence-electron chi connectivity index (χ3n) is 4.37. The Morgan fingerprint density at radius 3 is 2.64 bits per heavy atom. The van der Waals surface area contributed by atoms with Crippen molar-refractivity contribution >= 4 is 28.6 Å². The summed E-state index contributed by atoms with van der Waals surface area (Å²) in [5.74, 6) is 0.114. The Bertz CT molecular complexity index is 594. The molecule has 0 bridgehead atoms. The summed E-state index contributed by atoms with van der Waals surface area (Å²) in [5.41, 5.74) is 0. The monoisotopic (exact) mass is 335 g/mol. The van der Waals surface area contributed by atoms with Crippen molar-refractivity contribution in [1.82, 2.24) is 4.90 Å². The Labute approximate surface area is 139 Å². The highest BCUT2D eigenvalue weighted by Crippen LogP contribution is 2.32. The van der Waals surface area contributed by atoms with Gasteiger partial charge < -0.3 is 10.0 Å². The number of aliphatic hydroxyl groups excluding tert-OH is 1. The SMILES string of the molecule is C[C@H](C(=O)N1CCC[C@H]1C[C@H](O)c1cccs1)c1cccs1. The highest BCUT2D eigenvalue weighted by Gasteiger charge is 2.33. The molecule has 0 radical (unpaired) electrons. The predicted molar refractivity (Wildman–Crippen MR) is 91.4 cm³/mol. The summed E-state index contributed by atoms with van der Waals surface area (Å²) >= 11 is 3.21. The predicted octanol–water partition coefficient (Wildman–Crippen LogP) is 4.03. The average Bonchev–Trinajstić information content (AvgIpc) is 3.25. The van der Waals surface area contributed by atoms with Crippen LogP contribution in [0.25, 0.3) is 0 Å². The number of carbonyl (C=O) groups is 1. The highest BCUT2D eigenvalue weighted by atomic mass is 32.1. The number of likely N-dealkylation sites (tertiary alicyclic amines) is 1. The quantitative estimate of drug-likeness (QED) is 0.896. The zero-order valence-electron chi connectivity index (χ0n) is 12.6. The second kappa shape index (κ2) is 6.94. The Kier molecular flexibility index (Phi) is 4.96. The molecule has 2 aromatic heterocycles. The van der Waals surface area contributed by atoms with Gasteiger partial charge in [-0.3, -0.25) is 4.79 Å². The molecule has 1 aliphatic rings. The van der Waals surface area contributed by atoms with E-state index in [4.69, 9.17) is 0 Å². The number of hydrogen-bond acceptors (Lipinski definition) is 4. The third kappa shape index (κ3) is 3.26. The van der Waals surface area contributed by atoms with Gasteiger partial charge in [-0.1, -0.05) is 12.1 Å². The summed E-state index contributed by atoms with van der Waals surface area (Å²) in [5, 5.41) is 14.4. The van der Waals surface area contributed by atoms with Crippen molar-refractivity contribution in [2.75, 3.05) is 6.54 Å². The first-order chi connectivity index (χ1) is 10.7. The molecule has 118 valence electrons. The second-order valence-corrected chi connectivity index (χ2v) is 7.79. The summed E-state index contributed by atoms with van der Waals surface area (Å²) < 4.78 is 0. The van der Waals surface area contributed by atoms with Gasteiger partial charge in [-0.05, 0) is 49.1 Å². The van der Waals surface area contributed by atoms with Crippen LogP contribution in [0.1, 0.15) is 48.0 Å². The number of nitrogens with zero attached hydrogens (tertiary/aromatic N) is 1. The van der Waals surface area contributed by atoms with Crippen molar-refractivity contribution < 1.29 is 9.90 Å². The van der Waals surface area contributed by atoms with Crippen molar-refractivity contribution in [3.05, 3.63) is 44.8 Å². The van der Waals surface area contributed by atoms with Crippen LogP contribution in [-0.4, -0.2) is 28.5 Å². The van der Waals surface area contributed by atoms with Gasteiger partial charge in [0.05, 0.1) is 12.0 Å². The summed E-state index contributed by atoms with van der Waals surface area (Å²) in [6.45, 7) is 2.80. The van der Waals surface area contributed by atoms with Gasteiger partial charge in [0.15, 0.2) is 0 Å². The molecule has 0 aliphatic carbocycles. The molecule has 1 fully saturated rings. The maximum atomic E-state index is 12.8. The molecule has 1 aliphatic heterocycles. The minimum atomic E-state index is -0.463. The highest BCUT2D eigenvalue weighted by molar-refractivity contribution is 7.10. The van der Waals surface area contributed by atoms with Crippen LogP contribution >= 0.6 is 22.7 Å². The normalized spacial score (nSPS) is 21.0. The van der Waals surface area contributed by atoms with Crippen LogP contribution < -0.4 is 0 Å². The number of rotatable bonds is 5. The van der Waals surface area contributed by atoms with Crippen LogP contribution in [0, 0.1) is 0 Å². The van der Waals surface area contributed by atoms with E-state index in [0.29, 0.717) is 6.42 Å². The molecule has 5 heteroatoms. The van der Waals surface area contributed by atoms with Crippen molar-refractivity contribution in [2.45, 2.75) is 44.2 Å². The van der Waals surface area contributed by atoms with Gasteiger partial charge in [0, 0.05) is 22.3 Å². The van der Waals surface area contributed by atoms with Gasteiger partial charge in [-0.25, -0.2) is 0 Å². The Hall–Kier alpha value is -1.17.